The number of sulfone groups is 1. The van der Waals surface area contributed by atoms with E-state index in [0.717, 1.165) is 6.26 Å². The highest BCUT2D eigenvalue weighted by Crippen LogP contribution is 2.13. The fourth-order valence-electron chi connectivity index (χ4n) is 0.843. The molecule has 0 aliphatic carbocycles. The lowest BCUT2D eigenvalue weighted by Gasteiger charge is -2.23. The van der Waals surface area contributed by atoms with Gasteiger partial charge in [0.05, 0.1) is 17.2 Å². The standard InChI is InChI=1S/C9H18N2O5S/c1-9(2,17(3,15)16)5-11-8(14)6(10)4-7(12)13/h6H,4-5,10H2,1-3H3,(H,11,14)(H,12,13). The molecule has 1 atom stereocenters. The minimum absolute atomic E-state index is 0.113. The van der Waals surface area contributed by atoms with Crippen LogP contribution >= 0.6 is 0 Å². The number of nitrogens with two attached hydrogens (primary N) is 1. The maximum atomic E-state index is 11.4. The number of hydrogen-bond acceptors (Lipinski definition) is 5. The maximum Gasteiger partial charge on any atom is 0.305 e. The van der Waals surface area contributed by atoms with Gasteiger partial charge in [0.2, 0.25) is 5.91 Å². The smallest absolute Gasteiger partial charge is 0.305 e. The van der Waals surface area contributed by atoms with E-state index in [-0.39, 0.29) is 6.54 Å². The Labute approximate surface area is 100 Å². The van der Waals surface area contributed by atoms with Gasteiger partial charge >= 0.3 is 5.97 Å². The van der Waals surface area contributed by atoms with Gasteiger partial charge < -0.3 is 16.2 Å². The van der Waals surface area contributed by atoms with Gasteiger partial charge in [-0.15, -0.1) is 0 Å². The topological polar surface area (TPSA) is 127 Å². The first-order chi connectivity index (χ1) is 7.47. The van der Waals surface area contributed by atoms with Crippen LogP contribution in [0.3, 0.4) is 0 Å². The van der Waals surface area contributed by atoms with Crippen LogP contribution in [0, 0.1) is 0 Å². The largest absolute Gasteiger partial charge is 0.481 e. The normalized spacial score (nSPS) is 14.1. The van der Waals surface area contributed by atoms with Crippen molar-refractivity contribution in [3.8, 4) is 0 Å². The van der Waals surface area contributed by atoms with Gasteiger partial charge in [0, 0.05) is 12.8 Å². The molecular weight excluding hydrogens is 248 g/mol. The lowest BCUT2D eigenvalue weighted by Crippen LogP contribution is -2.49. The van der Waals surface area contributed by atoms with Gasteiger partial charge in [-0.25, -0.2) is 8.42 Å². The Balaban J connectivity index is 4.40. The molecule has 0 saturated heterocycles. The second-order valence-corrected chi connectivity index (χ2v) is 7.10. The molecule has 0 fully saturated rings. The van der Waals surface area contributed by atoms with E-state index in [1.54, 1.807) is 0 Å². The maximum absolute atomic E-state index is 11.4. The molecule has 0 saturated carbocycles. The summed E-state index contributed by atoms with van der Waals surface area (Å²) in [7, 11) is -3.32. The molecule has 8 heteroatoms. The van der Waals surface area contributed by atoms with Crippen molar-refractivity contribution in [1.82, 2.24) is 5.32 Å². The Morgan fingerprint density at radius 3 is 2.24 bits per heavy atom. The molecule has 0 heterocycles. The van der Waals surface area contributed by atoms with Crippen LogP contribution in [0.5, 0.6) is 0 Å². The molecule has 7 nitrogen and oxygen atoms in total. The number of carboxylic acid groups (broad SMARTS) is 1. The Bertz CT molecular complexity index is 402. The fourth-order valence-corrected chi connectivity index (χ4v) is 1.18. The van der Waals surface area contributed by atoms with Gasteiger partial charge in [0.15, 0.2) is 9.84 Å². The molecule has 1 amide bonds. The van der Waals surface area contributed by atoms with Crippen molar-refractivity contribution >= 4 is 21.7 Å². The Kier molecular flexibility index (Phi) is 5.09. The third-order valence-corrected chi connectivity index (χ3v) is 4.58. The number of carboxylic acids is 1. The van der Waals surface area contributed by atoms with Crippen LogP contribution in [0.15, 0.2) is 0 Å². The predicted molar refractivity (Wildman–Crippen MR) is 62.2 cm³/mol. The third kappa shape index (κ3) is 5.14. The molecular formula is C9H18N2O5S. The molecule has 0 aliphatic heterocycles. The lowest BCUT2D eigenvalue weighted by molar-refractivity contribution is -0.139. The molecule has 17 heavy (non-hydrogen) atoms. The predicted octanol–water partition coefficient (Wildman–Crippen LogP) is -1.27. The van der Waals surface area contributed by atoms with Gasteiger partial charge in [-0.2, -0.15) is 0 Å². The SMILES string of the molecule is CC(C)(CNC(=O)C(N)CC(=O)O)S(C)(=O)=O. The van der Waals surface area contributed by atoms with E-state index in [2.05, 4.69) is 5.32 Å². The molecule has 0 aromatic heterocycles. The fraction of sp³-hybridized carbons (Fsp3) is 0.778. The van der Waals surface area contributed by atoms with Gasteiger partial charge in [-0.05, 0) is 13.8 Å². The van der Waals surface area contributed by atoms with Crippen LogP contribution in [0.4, 0.5) is 0 Å². The summed E-state index contributed by atoms with van der Waals surface area (Å²) >= 11 is 0. The highest BCUT2D eigenvalue weighted by Gasteiger charge is 2.31. The minimum atomic E-state index is -3.32. The molecule has 0 spiro atoms. The average Bonchev–Trinajstić information content (AvgIpc) is 2.11. The highest BCUT2D eigenvalue weighted by atomic mass is 32.2. The van der Waals surface area contributed by atoms with Crippen LogP contribution in [0.25, 0.3) is 0 Å². The number of carbonyl (C=O) groups excluding carboxylic acids is 1. The number of nitrogens with one attached hydrogen (secondary N) is 1. The summed E-state index contributed by atoms with van der Waals surface area (Å²) in [5.41, 5.74) is 5.31. The van der Waals surface area contributed by atoms with Gasteiger partial charge in [0.1, 0.15) is 0 Å². The first-order valence-electron chi connectivity index (χ1n) is 4.92. The molecule has 0 rings (SSSR count). The minimum Gasteiger partial charge on any atom is -0.481 e. The van der Waals surface area contributed by atoms with E-state index in [1.807, 2.05) is 0 Å². The Morgan fingerprint density at radius 1 is 1.41 bits per heavy atom. The summed E-state index contributed by atoms with van der Waals surface area (Å²) in [5.74, 6) is -1.86. The van der Waals surface area contributed by atoms with E-state index in [9.17, 15) is 18.0 Å². The second-order valence-electron chi connectivity index (χ2n) is 4.45. The van der Waals surface area contributed by atoms with Crippen molar-refractivity contribution in [2.45, 2.75) is 31.1 Å². The van der Waals surface area contributed by atoms with Crippen molar-refractivity contribution in [3.63, 3.8) is 0 Å². The first kappa shape index (κ1) is 15.9. The number of amides is 1. The number of rotatable bonds is 6. The molecule has 0 aromatic rings. The molecule has 0 radical (unpaired) electrons. The summed E-state index contributed by atoms with van der Waals surface area (Å²) in [6, 6.07) is -1.18. The zero-order chi connectivity index (χ0) is 13.9. The van der Waals surface area contributed by atoms with E-state index in [4.69, 9.17) is 10.8 Å². The number of carbonyl (C=O) groups is 2. The zero-order valence-corrected chi connectivity index (χ0v) is 10.9. The van der Waals surface area contributed by atoms with Crippen LogP contribution < -0.4 is 11.1 Å². The van der Waals surface area contributed by atoms with Crippen molar-refractivity contribution in [3.05, 3.63) is 0 Å². The molecule has 0 aromatic carbocycles. The number of aliphatic carboxylic acids is 1. The second kappa shape index (κ2) is 5.46. The summed E-state index contributed by atoms with van der Waals surface area (Å²) in [4.78, 5) is 21.7. The van der Waals surface area contributed by atoms with Gasteiger partial charge in [0.25, 0.3) is 0 Å². The van der Waals surface area contributed by atoms with E-state index in [1.165, 1.54) is 13.8 Å². The summed E-state index contributed by atoms with van der Waals surface area (Å²) in [6.07, 6.45) is 0.571. The quantitative estimate of drug-likeness (QED) is 0.550. The van der Waals surface area contributed by atoms with Crippen molar-refractivity contribution in [1.29, 1.82) is 0 Å². The van der Waals surface area contributed by atoms with Crippen LogP contribution in [0.1, 0.15) is 20.3 Å². The summed E-state index contributed by atoms with van der Waals surface area (Å²) < 4.78 is 21.6. The average molecular weight is 266 g/mol. The molecule has 0 aliphatic rings. The van der Waals surface area contributed by atoms with Crippen LogP contribution in [-0.2, 0) is 19.4 Å². The molecule has 4 N–H and O–H groups in total. The molecule has 0 bridgehead atoms. The van der Waals surface area contributed by atoms with Gasteiger partial charge in [-0.3, -0.25) is 9.59 Å². The van der Waals surface area contributed by atoms with E-state index < -0.39 is 38.9 Å². The molecule has 1 unspecified atom stereocenters. The lowest BCUT2D eigenvalue weighted by atomic mass is 10.1. The molecule has 100 valence electrons. The van der Waals surface area contributed by atoms with Crippen molar-refractivity contribution in [2.24, 2.45) is 5.73 Å². The first-order valence-corrected chi connectivity index (χ1v) is 6.81. The van der Waals surface area contributed by atoms with Crippen LogP contribution in [0.2, 0.25) is 0 Å². The third-order valence-electron chi connectivity index (χ3n) is 2.42. The van der Waals surface area contributed by atoms with Crippen molar-refractivity contribution in [2.75, 3.05) is 12.8 Å². The monoisotopic (exact) mass is 266 g/mol. The highest BCUT2D eigenvalue weighted by molar-refractivity contribution is 7.92. The van der Waals surface area contributed by atoms with Crippen molar-refractivity contribution < 1.29 is 23.1 Å². The van der Waals surface area contributed by atoms with Crippen LogP contribution in [-0.4, -0.2) is 49.0 Å². The zero-order valence-electron chi connectivity index (χ0n) is 10.1. The van der Waals surface area contributed by atoms with Gasteiger partial charge in [-0.1, -0.05) is 0 Å². The van der Waals surface area contributed by atoms with E-state index in [0.29, 0.717) is 0 Å². The summed E-state index contributed by atoms with van der Waals surface area (Å²) in [6.45, 7) is 2.81. The Morgan fingerprint density at radius 2 is 1.88 bits per heavy atom. The van der Waals surface area contributed by atoms with E-state index >= 15 is 0 Å². The number of hydrogen-bond donors (Lipinski definition) is 3. The Hall–Kier alpha value is -1.15. The summed E-state index contributed by atoms with van der Waals surface area (Å²) in [5, 5.41) is 10.8.